The number of carbonyl (C=O) groups excluding carboxylic acids is 1. The molecule has 2 rings (SSSR count). The smallest absolute Gasteiger partial charge is 0.239 e. The van der Waals surface area contributed by atoms with Crippen molar-refractivity contribution in [1.82, 2.24) is 14.1 Å². The minimum atomic E-state index is -3.14. The highest BCUT2D eigenvalue weighted by molar-refractivity contribution is 7.88. The van der Waals surface area contributed by atoms with Crippen molar-refractivity contribution in [2.24, 2.45) is 0 Å². The zero-order valence-electron chi connectivity index (χ0n) is 14.0. The molecule has 0 N–H and O–H groups in total. The lowest BCUT2D eigenvalue weighted by Gasteiger charge is -2.37. The number of hydrogen-bond acceptors (Lipinski definition) is 4. The number of piperazine rings is 1. The van der Waals surface area contributed by atoms with E-state index in [0.717, 1.165) is 5.56 Å². The molecule has 1 saturated heterocycles. The quantitative estimate of drug-likeness (QED) is 0.789. The predicted molar refractivity (Wildman–Crippen MR) is 90.4 cm³/mol. The second-order valence-corrected chi connectivity index (χ2v) is 8.04. The summed E-state index contributed by atoms with van der Waals surface area (Å²) in [4.78, 5) is 16.3. The SMILES string of the molecule is CC(C(=O)N(C)Cc1ccccc1)N1CCN(S(C)(=O)=O)CC1. The van der Waals surface area contributed by atoms with E-state index >= 15 is 0 Å². The van der Waals surface area contributed by atoms with Crippen LogP contribution in [-0.4, -0.2) is 74.0 Å². The maximum Gasteiger partial charge on any atom is 0.239 e. The summed E-state index contributed by atoms with van der Waals surface area (Å²) in [6.45, 7) is 4.52. The Balaban J connectivity index is 1.90. The summed E-state index contributed by atoms with van der Waals surface area (Å²) < 4.78 is 24.5. The van der Waals surface area contributed by atoms with E-state index in [1.54, 1.807) is 11.9 Å². The molecular weight excluding hydrogens is 314 g/mol. The average Bonchev–Trinajstić information content (AvgIpc) is 2.53. The van der Waals surface area contributed by atoms with E-state index in [1.165, 1.54) is 10.6 Å². The highest BCUT2D eigenvalue weighted by Crippen LogP contribution is 2.12. The summed E-state index contributed by atoms with van der Waals surface area (Å²) in [5.74, 6) is 0.0571. The Labute approximate surface area is 138 Å². The van der Waals surface area contributed by atoms with Gasteiger partial charge in [0, 0.05) is 39.8 Å². The van der Waals surface area contributed by atoms with Crippen LogP contribution in [0.1, 0.15) is 12.5 Å². The Bertz CT molecular complexity index is 625. The molecule has 7 heteroatoms. The van der Waals surface area contributed by atoms with Crippen molar-refractivity contribution in [3.8, 4) is 0 Å². The van der Waals surface area contributed by atoms with Gasteiger partial charge in [-0.25, -0.2) is 8.42 Å². The number of nitrogens with zero attached hydrogens (tertiary/aromatic N) is 3. The summed E-state index contributed by atoms with van der Waals surface area (Å²) >= 11 is 0. The Morgan fingerprint density at radius 1 is 1.17 bits per heavy atom. The first kappa shape index (κ1) is 17.9. The van der Waals surface area contributed by atoms with Gasteiger partial charge in [0.05, 0.1) is 12.3 Å². The summed E-state index contributed by atoms with van der Waals surface area (Å²) in [7, 11) is -1.34. The largest absolute Gasteiger partial charge is 0.340 e. The monoisotopic (exact) mass is 339 g/mol. The van der Waals surface area contributed by atoms with E-state index in [1.807, 2.05) is 42.2 Å². The molecule has 6 nitrogen and oxygen atoms in total. The lowest BCUT2D eigenvalue weighted by Crippen LogP contribution is -2.54. The molecule has 0 bridgehead atoms. The molecule has 1 heterocycles. The number of sulfonamides is 1. The van der Waals surface area contributed by atoms with Crippen LogP contribution in [0.15, 0.2) is 30.3 Å². The van der Waals surface area contributed by atoms with Gasteiger partial charge < -0.3 is 4.90 Å². The Kier molecular flexibility index (Phi) is 5.78. The zero-order chi connectivity index (χ0) is 17.0. The Morgan fingerprint density at radius 2 is 1.74 bits per heavy atom. The van der Waals surface area contributed by atoms with Gasteiger partial charge in [0.2, 0.25) is 15.9 Å². The molecule has 1 fully saturated rings. The van der Waals surface area contributed by atoms with Gasteiger partial charge in [-0.15, -0.1) is 0 Å². The van der Waals surface area contributed by atoms with Crippen molar-refractivity contribution in [3.63, 3.8) is 0 Å². The third-order valence-electron chi connectivity index (χ3n) is 4.29. The molecule has 1 atom stereocenters. The fraction of sp³-hybridized carbons (Fsp3) is 0.562. The van der Waals surface area contributed by atoms with Gasteiger partial charge in [0.25, 0.3) is 0 Å². The minimum Gasteiger partial charge on any atom is -0.340 e. The van der Waals surface area contributed by atoms with Crippen molar-refractivity contribution < 1.29 is 13.2 Å². The molecule has 0 aliphatic carbocycles. The third kappa shape index (κ3) is 4.76. The maximum absolute atomic E-state index is 12.6. The lowest BCUT2D eigenvalue weighted by atomic mass is 10.2. The van der Waals surface area contributed by atoms with E-state index in [4.69, 9.17) is 0 Å². The summed E-state index contributed by atoms with van der Waals surface area (Å²) in [5.41, 5.74) is 1.09. The van der Waals surface area contributed by atoms with Crippen LogP contribution in [0.4, 0.5) is 0 Å². The van der Waals surface area contributed by atoms with Gasteiger partial charge in [-0.2, -0.15) is 4.31 Å². The van der Waals surface area contributed by atoms with Gasteiger partial charge in [-0.05, 0) is 12.5 Å². The van der Waals surface area contributed by atoms with Crippen LogP contribution in [0.3, 0.4) is 0 Å². The molecule has 0 radical (unpaired) electrons. The molecule has 0 saturated carbocycles. The van der Waals surface area contributed by atoms with Crippen molar-refractivity contribution in [3.05, 3.63) is 35.9 Å². The fourth-order valence-electron chi connectivity index (χ4n) is 2.83. The molecule has 1 aromatic carbocycles. The number of benzene rings is 1. The minimum absolute atomic E-state index is 0.0571. The number of carbonyl (C=O) groups is 1. The van der Waals surface area contributed by atoms with Crippen LogP contribution >= 0.6 is 0 Å². The molecule has 1 aromatic rings. The molecule has 0 spiro atoms. The summed E-state index contributed by atoms with van der Waals surface area (Å²) in [5, 5.41) is 0. The first-order valence-corrected chi connectivity index (χ1v) is 9.62. The first-order valence-electron chi connectivity index (χ1n) is 7.77. The normalized spacial score (nSPS) is 18.6. The van der Waals surface area contributed by atoms with E-state index in [2.05, 4.69) is 0 Å². The maximum atomic E-state index is 12.6. The number of amides is 1. The molecule has 0 aromatic heterocycles. The second kappa shape index (κ2) is 7.42. The van der Waals surface area contributed by atoms with Crippen molar-refractivity contribution in [2.75, 3.05) is 39.5 Å². The van der Waals surface area contributed by atoms with Crippen LogP contribution in [0.5, 0.6) is 0 Å². The standard InChI is InChI=1S/C16H25N3O3S/c1-14(18-9-11-19(12-10-18)23(3,21)22)16(20)17(2)13-15-7-5-4-6-8-15/h4-8,14H,9-13H2,1-3H3. The van der Waals surface area contributed by atoms with Gasteiger partial charge in [0.15, 0.2) is 0 Å². The molecular formula is C16H25N3O3S. The molecule has 1 amide bonds. The predicted octanol–water partition coefficient (Wildman–Crippen LogP) is 0.611. The van der Waals surface area contributed by atoms with Crippen molar-refractivity contribution in [2.45, 2.75) is 19.5 Å². The summed E-state index contributed by atoms with van der Waals surface area (Å²) in [6, 6.07) is 9.63. The fourth-order valence-corrected chi connectivity index (χ4v) is 3.66. The Hall–Kier alpha value is -1.44. The van der Waals surface area contributed by atoms with Gasteiger partial charge in [0.1, 0.15) is 0 Å². The first-order chi connectivity index (χ1) is 10.8. The number of rotatable bonds is 5. The topological polar surface area (TPSA) is 60.9 Å². The van der Waals surface area contributed by atoms with E-state index in [-0.39, 0.29) is 11.9 Å². The highest BCUT2D eigenvalue weighted by Gasteiger charge is 2.30. The molecule has 128 valence electrons. The van der Waals surface area contributed by atoms with Crippen LogP contribution in [-0.2, 0) is 21.4 Å². The molecule has 1 aliphatic rings. The van der Waals surface area contributed by atoms with Gasteiger partial charge >= 0.3 is 0 Å². The lowest BCUT2D eigenvalue weighted by molar-refractivity contribution is -0.136. The van der Waals surface area contributed by atoms with Crippen LogP contribution in [0.2, 0.25) is 0 Å². The molecule has 23 heavy (non-hydrogen) atoms. The number of hydrogen-bond donors (Lipinski definition) is 0. The molecule has 1 aliphatic heterocycles. The third-order valence-corrected chi connectivity index (χ3v) is 5.59. The molecule has 1 unspecified atom stereocenters. The van der Waals surface area contributed by atoms with Crippen LogP contribution in [0.25, 0.3) is 0 Å². The van der Waals surface area contributed by atoms with E-state index in [0.29, 0.717) is 32.7 Å². The van der Waals surface area contributed by atoms with Crippen molar-refractivity contribution >= 4 is 15.9 Å². The van der Waals surface area contributed by atoms with Gasteiger partial charge in [-0.3, -0.25) is 9.69 Å². The zero-order valence-corrected chi connectivity index (χ0v) is 14.8. The average molecular weight is 339 g/mol. The highest BCUT2D eigenvalue weighted by atomic mass is 32.2. The Morgan fingerprint density at radius 3 is 2.26 bits per heavy atom. The van der Waals surface area contributed by atoms with E-state index in [9.17, 15) is 13.2 Å². The number of likely N-dealkylation sites (N-methyl/N-ethyl adjacent to an activating group) is 1. The van der Waals surface area contributed by atoms with Crippen LogP contribution in [0, 0.1) is 0 Å². The van der Waals surface area contributed by atoms with Crippen molar-refractivity contribution in [1.29, 1.82) is 0 Å². The summed E-state index contributed by atoms with van der Waals surface area (Å²) in [6.07, 6.45) is 1.23. The van der Waals surface area contributed by atoms with Gasteiger partial charge in [-0.1, -0.05) is 30.3 Å². The second-order valence-electron chi connectivity index (χ2n) is 6.05. The van der Waals surface area contributed by atoms with E-state index < -0.39 is 10.0 Å². The van der Waals surface area contributed by atoms with Crippen LogP contribution < -0.4 is 0 Å².